The second-order valence-corrected chi connectivity index (χ2v) is 4.61. The number of nitrogens with one attached hydrogen (secondary N) is 1. The van der Waals surface area contributed by atoms with E-state index in [9.17, 15) is 4.39 Å². The molecule has 0 saturated carbocycles. The lowest BCUT2D eigenvalue weighted by Gasteiger charge is -2.24. The van der Waals surface area contributed by atoms with Crippen LogP contribution in [0.4, 0.5) is 4.39 Å². The molecule has 3 heteroatoms. The van der Waals surface area contributed by atoms with Crippen molar-refractivity contribution in [3.8, 4) is 0 Å². The van der Waals surface area contributed by atoms with Crippen molar-refractivity contribution < 1.29 is 9.13 Å². The van der Waals surface area contributed by atoms with Crippen LogP contribution in [0.2, 0.25) is 0 Å². The molecule has 1 atom stereocenters. The molecule has 1 unspecified atom stereocenters. The maximum Gasteiger partial charge on any atom is 0.123 e. The van der Waals surface area contributed by atoms with Crippen LogP contribution in [0.3, 0.4) is 0 Å². The summed E-state index contributed by atoms with van der Waals surface area (Å²) in [5.74, 6) is -0.182. The third-order valence-corrected chi connectivity index (χ3v) is 3.21. The fourth-order valence-corrected chi connectivity index (χ4v) is 2.28. The Balaban J connectivity index is 2.05. The number of rotatable bonds is 5. The first kappa shape index (κ1) is 13.1. The van der Waals surface area contributed by atoms with Gasteiger partial charge in [-0.25, -0.2) is 4.39 Å². The topological polar surface area (TPSA) is 21.3 Å². The SMILES string of the molecule is CCNC(Cc1ccc(F)cc1)C1=COCCC1. The second-order valence-electron chi connectivity index (χ2n) is 4.61. The summed E-state index contributed by atoms with van der Waals surface area (Å²) >= 11 is 0. The van der Waals surface area contributed by atoms with Crippen LogP contribution in [0.5, 0.6) is 0 Å². The van der Waals surface area contributed by atoms with E-state index in [-0.39, 0.29) is 5.82 Å². The molecular weight excluding hydrogens is 229 g/mol. The van der Waals surface area contributed by atoms with Gasteiger partial charge in [0.25, 0.3) is 0 Å². The third-order valence-electron chi connectivity index (χ3n) is 3.21. The highest BCUT2D eigenvalue weighted by Crippen LogP contribution is 2.19. The van der Waals surface area contributed by atoms with Gasteiger partial charge >= 0.3 is 0 Å². The summed E-state index contributed by atoms with van der Waals surface area (Å²) in [6, 6.07) is 7.03. The van der Waals surface area contributed by atoms with Gasteiger partial charge in [0.2, 0.25) is 0 Å². The Morgan fingerprint density at radius 1 is 1.33 bits per heavy atom. The van der Waals surface area contributed by atoms with Gasteiger partial charge in [0.15, 0.2) is 0 Å². The van der Waals surface area contributed by atoms with Gasteiger partial charge in [0, 0.05) is 6.04 Å². The number of ether oxygens (including phenoxy) is 1. The van der Waals surface area contributed by atoms with Crippen molar-refractivity contribution in [3.63, 3.8) is 0 Å². The van der Waals surface area contributed by atoms with Gasteiger partial charge in [-0.1, -0.05) is 19.1 Å². The minimum Gasteiger partial charge on any atom is -0.501 e. The molecule has 1 aromatic carbocycles. The fraction of sp³-hybridized carbons (Fsp3) is 0.467. The Morgan fingerprint density at radius 2 is 2.11 bits per heavy atom. The number of hydrogen-bond donors (Lipinski definition) is 1. The first-order valence-corrected chi connectivity index (χ1v) is 6.58. The molecule has 18 heavy (non-hydrogen) atoms. The summed E-state index contributed by atoms with van der Waals surface area (Å²) in [5, 5.41) is 3.47. The molecule has 1 heterocycles. The number of benzene rings is 1. The van der Waals surface area contributed by atoms with Crippen LogP contribution in [-0.4, -0.2) is 19.2 Å². The molecule has 0 bridgehead atoms. The quantitative estimate of drug-likeness (QED) is 0.866. The largest absolute Gasteiger partial charge is 0.501 e. The Hall–Kier alpha value is -1.35. The number of hydrogen-bond acceptors (Lipinski definition) is 2. The number of halogens is 1. The third kappa shape index (κ3) is 3.57. The lowest BCUT2D eigenvalue weighted by Crippen LogP contribution is -2.33. The van der Waals surface area contributed by atoms with Crippen molar-refractivity contribution in [3.05, 3.63) is 47.5 Å². The average Bonchev–Trinajstić information content (AvgIpc) is 2.42. The Labute approximate surface area is 108 Å². The Kier molecular flexibility index (Phi) is 4.76. The zero-order valence-electron chi connectivity index (χ0n) is 10.8. The summed E-state index contributed by atoms with van der Waals surface area (Å²) in [4.78, 5) is 0. The predicted octanol–water partition coefficient (Wildman–Crippen LogP) is 3.04. The van der Waals surface area contributed by atoms with E-state index >= 15 is 0 Å². The summed E-state index contributed by atoms with van der Waals surface area (Å²) in [6.07, 6.45) is 4.93. The smallest absolute Gasteiger partial charge is 0.123 e. The first-order valence-electron chi connectivity index (χ1n) is 6.58. The van der Waals surface area contributed by atoms with E-state index in [0.29, 0.717) is 6.04 Å². The van der Waals surface area contributed by atoms with Crippen LogP contribution in [-0.2, 0) is 11.2 Å². The van der Waals surface area contributed by atoms with Gasteiger partial charge in [0.05, 0.1) is 12.9 Å². The van der Waals surface area contributed by atoms with Crippen molar-refractivity contribution in [1.29, 1.82) is 0 Å². The molecular formula is C15H20FNO. The van der Waals surface area contributed by atoms with Gasteiger partial charge in [-0.3, -0.25) is 0 Å². The van der Waals surface area contributed by atoms with Crippen molar-refractivity contribution in [2.24, 2.45) is 0 Å². The molecule has 0 saturated heterocycles. The van der Waals surface area contributed by atoms with Crippen LogP contribution < -0.4 is 5.32 Å². The van der Waals surface area contributed by atoms with E-state index in [4.69, 9.17) is 4.74 Å². The molecule has 0 amide bonds. The molecule has 1 aliphatic heterocycles. The summed E-state index contributed by atoms with van der Waals surface area (Å²) in [7, 11) is 0. The van der Waals surface area contributed by atoms with Gasteiger partial charge in [-0.05, 0) is 49.1 Å². The van der Waals surface area contributed by atoms with E-state index < -0.39 is 0 Å². The van der Waals surface area contributed by atoms with E-state index in [0.717, 1.165) is 38.0 Å². The van der Waals surface area contributed by atoms with Crippen molar-refractivity contribution >= 4 is 0 Å². The van der Waals surface area contributed by atoms with Crippen LogP contribution in [0, 0.1) is 5.82 Å². The zero-order chi connectivity index (χ0) is 12.8. The van der Waals surface area contributed by atoms with Crippen LogP contribution >= 0.6 is 0 Å². The molecule has 98 valence electrons. The van der Waals surface area contributed by atoms with E-state index in [1.807, 2.05) is 18.4 Å². The predicted molar refractivity (Wildman–Crippen MR) is 70.8 cm³/mol. The molecule has 2 rings (SSSR count). The van der Waals surface area contributed by atoms with Gasteiger partial charge in [-0.15, -0.1) is 0 Å². The van der Waals surface area contributed by atoms with E-state index in [2.05, 4.69) is 12.2 Å². The first-order chi connectivity index (χ1) is 8.79. The lowest BCUT2D eigenvalue weighted by molar-refractivity contribution is 0.219. The number of likely N-dealkylation sites (N-methyl/N-ethyl adjacent to an activating group) is 1. The second kappa shape index (κ2) is 6.55. The molecule has 2 nitrogen and oxygen atoms in total. The Bertz CT molecular complexity index is 399. The van der Waals surface area contributed by atoms with E-state index in [1.165, 1.54) is 17.7 Å². The molecule has 1 aliphatic rings. The molecule has 0 fully saturated rings. The summed E-state index contributed by atoms with van der Waals surface area (Å²) in [5.41, 5.74) is 2.46. The lowest BCUT2D eigenvalue weighted by atomic mass is 9.95. The minimum atomic E-state index is -0.182. The minimum absolute atomic E-state index is 0.182. The highest BCUT2D eigenvalue weighted by molar-refractivity contribution is 5.21. The molecule has 0 spiro atoms. The standard InChI is InChI=1S/C15H20FNO/c1-2-17-15(13-4-3-9-18-11-13)10-12-5-7-14(16)8-6-12/h5-8,11,15,17H,2-4,9-10H2,1H3. The van der Waals surface area contributed by atoms with Crippen LogP contribution in [0.1, 0.15) is 25.3 Å². The molecule has 1 N–H and O–H groups in total. The average molecular weight is 249 g/mol. The maximum absolute atomic E-state index is 12.9. The van der Waals surface area contributed by atoms with Crippen molar-refractivity contribution in [2.75, 3.05) is 13.2 Å². The maximum atomic E-state index is 12.9. The highest BCUT2D eigenvalue weighted by atomic mass is 19.1. The van der Waals surface area contributed by atoms with Crippen molar-refractivity contribution in [1.82, 2.24) is 5.32 Å². The molecule has 0 aliphatic carbocycles. The highest BCUT2D eigenvalue weighted by Gasteiger charge is 2.16. The summed E-state index contributed by atoms with van der Waals surface area (Å²) in [6.45, 7) is 3.84. The van der Waals surface area contributed by atoms with Gasteiger partial charge in [-0.2, -0.15) is 0 Å². The fourth-order valence-electron chi connectivity index (χ4n) is 2.28. The molecule has 0 radical (unpaired) electrons. The normalized spacial score (nSPS) is 16.9. The monoisotopic (exact) mass is 249 g/mol. The van der Waals surface area contributed by atoms with Crippen molar-refractivity contribution in [2.45, 2.75) is 32.2 Å². The van der Waals surface area contributed by atoms with Crippen LogP contribution in [0.25, 0.3) is 0 Å². The van der Waals surface area contributed by atoms with E-state index in [1.54, 1.807) is 0 Å². The Morgan fingerprint density at radius 3 is 2.72 bits per heavy atom. The molecule has 1 aromatic rings. The van der Waals surface area contributed by atoms with Gasteiger partial charge < -0.3 is 10.1 Å². The zero-order valence-corrected chi connectivity index (χ0v) is 10.8. The van der Waals surface area contributed by atoms with Crippen LogP contribution in [0.15, 0.2) is 36.1 Å². The van der Waals surface area contributed by atoms with Gasteiger partial charge in [0.1, 0.15) is 5.82 Å². The summed E-state index contributed by atoms with van der Waals surface area (Å²) < 4.78 is 18.3. The molecule has 0 aromatic heterocycles.